The predicted octanol–water partition coefficient (Wildman–Crippen LogP) is 1.39. The molecule has 2 amide bonds. The van der Waals surface area contributed by atoms with Gasteiger partial charge in [-0.15, -0.1) is 11.8 Å². The largest absolute Gasteiger partial charge is 0.477 e. The lowest BCUT2D eigenvalue weighted by atomic mass is 9.94. The van der Waals surface area contributed by atoms with Gasteiger partial charge >= 0.3 is 5.97 Å². The number of rotatable bonds is 5. The van der Waals surface area contributed by atoms with E-state index in [9.17, 15) is 19.5 Å². The average molecular weight is 402 g/mol. The maximum Gasteiger partial charge on any atom is 0.352 e. The van der Waals surface area contributed by atoms with Gasteiger partial charge in [-0.2, -0.15) is 0 Å². The summed E-state index contributed by atoms with van der Waals surface area (Å²) in [4.78, 5) is 38.3. The van der Waals surface area contributed by atoms with Gasteiger partial charge in [0.25, 0.3) is 5.91 Å². The number of thioether (sulfide) groups is 1. The van der Waals surface area contributed by atoms with Gasteiger partial charge in [0.15, 0.2) is 0 Å². The highest BCUT2D eigenvalue weighted by molar-refractivity contribution is 8.00. The van der Waals surface area contributed by atoms with E-state index in [1.54, 1.807) is 0 Å². The van der Waals surface area contributed by atoms with E-state index in [0.717, 1.165) is 12.0 Å². The smallest absolute Gasteiger partial charge is 0.352 e. The van der Waals surface area contributed by atoms with E-state index in [4.69, 9.17) is 4.74 Å². The molecule has 0 saturated carbocycles. The molecule has 3 heterocycles. The Bertz CT molecular complexity index is 840. The highest BCUT2D eigenvalue weighted by Gasteiger charge is 2.55. The van der Waals surface area contributed by atoms with Gasteiger partial charge in [-0.05, 0) is 23.5 Å². The van der Waals surface area contributed by atoms with Crippen LogP contribution in [0.25, 0.3) is 0 Å². The Morgan fingerprint density at radius 2 is 2.07 bits per heavy atom. The summed E-state index contributed by atoms with van der Waals surface area (Å²) in [5.74, 6) is -1.04. The zero-order valence-electron chi connectivity index (χ0n) is 15.5. The number of carboxylic acid groups (broad SMARTS) is 1. The minimum absolute atomic E-state index is 0.0288. The van der Waals surface area contributed by atoms with Gasteiger partial charge in [0.05, 0.1) is 12.5 Å². The van der Waals surface area contributed by atoms with Gasteiger partial charge in [-0.25, -0.2) is 4.79 Å². The summed E-state index contributed by atoms with van der Waals surface area (Å²) in [5, 5.41) is 12.1. The first-order valence-corrected chi connectivity index (χ1v) is 10.4. The van der Waals surface area contributed by atoms with E-state index in [1.807, 2.05) is 37.3 Å². The lowest BCUT2D eigenvalue weighted by molar-refractivity contribution is -0.150. The summed E-state index contributed by atoms with van der Waals surface area (Å²) in [6.45, 7) is 2.63. The van der Waals surface area contributed by atoms with Crippen LogP contribution in [0.4, 0.5) is 0 Å². The van der Waals surface area contributed by atoms with Gasteiger partial charge in [-0.3, -0.25) is 14.5 Å². The number of hydrogen-bond donors (Lipinski definition) is 2. The van der Waals surface area contributed by atoms with Crippen molar-refractivity contribution in [1.29, 1.82) is 0 Å². The first-order chi connectivity index (χ1) is 13.5. The van der Waals surface area contributed by atoms with Crippen LogP contribution in [0.5, 0.6) is 0 Å². The molecule has 0 bridgehead atoms. The fourth-order valence-electron chi connectivity index (χ4n) is 4.01. The summed E-state index contributed by atoms with van der Waals surface area (Å²) in [5.41, 5.74) is 1.56. The summed E-state index contributed by atoms with van der Waals surface area (Å²) in [7, 11) is 0. The van der Waals surface area contributed by atoms with Crippen molar-refractivity contribution in [3.05, 3.63) is 47.2 Å². The van der Waals surface area contributed by atoms with E-state index in [1.165, 1.54) is 16.7 Å². The number of nitrogens with zero attached hydrogens (tertiary/aromatic N) is 1. The molecule has 28 heavy (non-hydrogen) atoms. The van der Waals surface area contributed by atoms with Crippen LogP contribution in [-0.4, -0.2) is 57.7 Å². The molecule has 0 radical (unpaired) electrons. The second kappa shape index (κ2) is 7.60. The molecule has 148 valence electrons. The monoisotopic (exact) mass is 402 g/mol. The number of amides is 2. The number of β-lactam (4-membered cyclic amide) rings is 1. The molecule has 0 spiro atoms. The molecule has 2 N–H and O–H groups in total. The Morgan fingerprint density at radius 1 is 1.32 bits per heavy atom. The number of carbonyl (C=O) groups is 3. The fourth-order valence-corrected chi connectivity index (χ4v) is 5.39. The third-order valence-corrected chi connectivity index (χ3v) is 6.76. The van der Waals surface area contributed by atoms with Crippen LogP contribution < -0.4 is 5.32 Å². The van der Waals surface area contributed by atoms with Gasteiger partial charge in [0, 0.05) is 12.4 Å². The van der Waals surface area contributed by atoms with Crippen LogP contribution in [0.15, 0.2) is 41.6 Å². The van der Waals surface area contributed by atoms with Crippen molar-refractivity contribution in [3.8, 4) is 0 Å². The highest BCUT2D eigenvalue weighted by atomic mass is 32.2. The molecule has 2 unspecified atom stereocenters. The molecule has 3 aliphatic rings. The number of ether oxygens (including phenoxy) is 1. The molecule has 4 rings (SSSR count). The molecule has 3 aliphatic heterocycles. The Morgan fingerprint density at radius 3 is 2.71 bits per heavy atom. The Balaban J connectivity index is 1.49. The third-order valence-electron chi connectivity index (χ3n) is 5.46. The Kier molecular flexibility index (Phi) is 5.16. The summed E-state index contributed by atoms with van der Waals surface area (Å²) < 4.78 is 5.74. The topological polar surface area (TPSA) is 95.9 Å². The fraction of sp³-hybridized carbons (Fsp3) is 0.450. The van der Waals surface area contributed by atoms with E-state index in [-0.39, 0.29) is 36.0 Å². The van der Waals surface area contributed by atoms with Crippen LogP contribution in [0.3, 0.4) is 0 Å². The zero-order valence-corrected chi connectivity index (χ0v) is 16.3. The van der Waals surface area contributed by atoms with Crippen molar-refractivity contribution in [1.82, 2.24) is 10.2 Å². The first-order valence-electron chi connectivity index (χ1n) is 9.33. The van der Waals surface area contributed by atoms with E-state index >= 15 is 0 Å². The maximum atomic E-state index is 12.7. The van der Waals surface area contributed by atoms with Gasteiger partial charge in [0.1, 0.15) is 17.1 Å². The van der Waals surface area contributed by atoms with Crippen molar-refractivity contribution in [3.63, 3.8) is 0 Å². The third kappa shape index (κ3) is 3.31. The minimum Gasteiger partial charge on any atom is -0.477 e. The molecule has 2 saturated heterocycles. The average Bonchev–Trinajstić information content (AvgIpc) is 3.11. The SMILES string of the molecule is CC1CCOC1C1=C(C(=O)O)N2C(=O)[C@@H](NC(=O)Cc3ccccc3)[C@H]2SC1. The molecule has 1 aromatic rings. The van der Waals surface area contributed by atoms with Gasteiger partial charge in [-0.1, -0.05) is 37.3 Å². The molecule has 4 atom stereocenters. The normalized spacial score (nSPS) is 29.3. The minimum atomic E-state index is -1.12. The van der Waals surface area contributed by atoms with Crippen molar-refractivity contribution >= 4 is 29.5 Å². The van der Waals surface area contributed by atoms with Crippen molar-refractivity contribution in [2.75, 3.05) is 12.4 Å². The van der Waals surface area contributed by atoms with Gasteiger partial charge < -0.3 is 15.2 Å². The summed E-state index contributed by atoms with van der Waals surface area (Å²) in [6, 6.07) is 8.59. The Labute approximate surface area is 167 Å². The Hall–Kier alpha value is -2.32. The van der Waals surface area contributed by atoms with Crippen molar-refractivity contribution in [2.24, 2.45) is 5.92 Å². The standard InChI is InChI=1S/C20H22N2O5S/c1-11-7-8-27-17(11)13-10-28-19-15(18(24)22(19)16(13)20(25)26)21-14(23)9-12-5-3-2-4-6-12/h2-6,11,15,17,19H,7-10H2,1H3,(H,21,23)(H,25,26)/t11?,15-,17?,19-/m1/s1. The second-order valence-corrected chi connectivity index (χ2v) is 8.46. The summed E-state index contributed by atoms with van der Waals surface area (Å²) >= 11 is 1.48. The molecule has 0 aliphatic carbocycles. The maximum absolute atomic E-state index is 12.7. The lowest BCUT2D eigenvalue weighted by Crippen LogP contribution is -2.71. The highest BCUT2D eigenvalue weighted by Crippen LogP contribution is 2.43. The number of nitrogens with one attached hydrogen (secondary N) is 1. The molecule has 2 fully saturated rings. The van der Waals surface area contributed by atoms with Crippen LogP contribution in [0.1, 0.15) is 18.9 Å². The van der Waals surface area contributed by atoms with E-state index in [2.05, 4.69) is 5.32 Å². The van der Waals surface area contributed by atoms with Crippen LogP contribution in [-0.2, 0) is 25.5 Å². The zero-order chi connectivity index (χ0) is 19.8. The molecule has 0 aromatic heterocycles. The van der Waals surface area contributed by atoms with Crippen LogP contribution >= 0.6 is 11.8 Å². The summed E-state index contributed by atoms with van der Waals surface area (Å²) in [6.07, 6.45) is 0.794. The van der Waals surface area contributed by atoms with E-state index in [0.29, 0.717) is 17.9 Å². The number of hydrogen-bond acceptors (Lipinski definition) is 5. The van der Waals surface area contributed by atoms with Crippen molar-refractivity contribution < 1.29 is 24.2 Å². The number of carboxylic acids is 1. The molecular weight excluding hydrogens is 380 g/mol. The number of aliphatic carboxylic acids is 1. The lowest BCUT2D eigenvalue weighted by Gasteiger charge is -2.50. The van der Waals surface area contributed by atoms with Gasteiger partial charge in [0.2, 0.25) is 5.91 Å². The molecule has 1 aromatic carbocycles. The molecule has 7 nitrogen and oxygen atoms in total. The van der Waals surface area contributed by atoms with Crippen molar-refractivity contribution in [2.45, 2.75) is 37.3 Å². The predicted molar refractivity (Wildman–Crippen MR) is 103 cm³/mol. The number of carbonyl (C=O) groups excluding carboxylic acids is 2. The quantitative estimate of drug-likeness (QED) is 0.723. The van der Waals surface area contributed by atoms with Crippen LogP contribution in [0, 0.1) is 5.92 Å². The van der Waals surface area contributed by atoms with Crippen LogP contribution in [0.2, 0.25) is 0 Å². The first kappa shape index (κ1) is 19.0. The number of benzene rings is 1. The molecular formula is C20H22N2O5S. The molecule has 8 heteroatoms. The van der Waals surface area contributed by atoms with E-state index < -0.39 is 17.4 Å². The second-order valence-electron chi connectivity index (χ2n) is 7.35. The number of fused-ring (bicyclic) bond motifs is 1.